The Bertz CT molecular complexity index is 423. The Morgan fingerprint density at radius 3 is 3.05 bits per heavy atom. The Kier molecular flexibility index (Phi) is 5.59. The highest BCUT2D eigenvalue weighted by molar-refractivity contribution is 5.79. The molecule has 0 saturated heterocycles. The number of fused-ring (bicyclic) bond motifs is 1. The van der Waals surface area contributed by atoms with Gasteiger partial charge in [-0.25, -0.2) is 0 Å². The fraction of sp³-hybridized carbons (Fsp3) is 0.733. The number of aromatic nitrogens is 2. The monoisotopic (exact) mass is 279 g/mol. The summed E-state index contributed by atoms with van der Waals surface area (Å²) in [6.07, 6.45) is 7.26. The van der Waals surface area contributed by atoms with Crippen molar-refractivity contribution in [1.82, 2.24) is 15.1 Å². The van der Waals surface area contributed by atoms with Crippen molar-refractivity contribution in [3.8, 4) is 0 Å². The fourth-order valence-corrected chi connectivity index (χ4v) is 2.82. The number of aliphatic hydroxyl groups excluding tert-OH is 1. The van der Waals surface area contributed by atoms with Crippen molar-refractivity contribution in [2.45, 2.75) is 45.4 Å². The largest absolute Gasteiger partial charge is 0.396 e. The molecule has 112 valence electrons. The summed E-state index contributed by atoms with van der Waals surface area (Å²) < 4.78 is 0. The highest BCUT2D eigenvalue weighted by Gasteiger charge is 2.28. The summed E-state index contributed by atoms with van der Waals surface area (Å²) >= 11 is 0. The molecule has 2 rings (SSSR count). The maximum absolute atomic E-state index is 12.7. The zero-order valence-corrected chi connectivity index (χ0v) is 12.3. The molecule has 1 heterocycles. The molecular formula is C15H25N3O2. The predicted octanol–water partition coefficient (Wildman–Crippen LogP) is 1.53. The van der Waals surface area contributed by atoms with E-state index in [2.05, 4.69) is 17.1 Å². The van der Waals surface area contributed by atoms with Crippen LogP contribution in [0.5, 0.6) is 0 Å². The standard InChI is InChI=1S/C15H25N3O2/c1-2-3-7-18(8-4-9-19)15(20)12-5-6-13-11-16-17-14(13)10-12/h11-12,19H,2-10H2,1H3,(H,16,17). The SMILES string of the molecule is CCCCN(CCCO)C(=O)C1CCc2cn[nH]c2C1. The third-order valence-corrected chi connectivity index (χ3v) is 4.05. The van der Waals surface area contributed by atoms with Crippen LogP contribution in [0.15, 0.2) is 6.20 Å². The molecule has 1 aliphatic rings. The first-order chi connectivity index (χ1) is 9.76. The number of rotatable bonds is 7. The molecule has 0 bridgehead atoms. The first-order valence-corrected chi connectivity index (χ1v) is 7.67. The van der Waals surface area contributed by atoms with Gasteiger partial charge in [0.25, 0.3) is 0 Å². The molecule has 1 amide bonds. The predicted molar refractivity (Wildman–Crippen MR) is 77.3 cm³/mol. The van der Waals surface area contributed by atoms with E-state index in [1.165, 1.54) is 5.56 Å². The van der Waals surface area contributed by atoms with Crippen molar-refractivity contribution in [2.75, 3.05) is 19.7 Å². The third-order valence-electron chi connectivity index (χ3n) is 4.05. The normalized spacial score (nSPS) is 17.8. The summed E-state index contributed by atoms with van der Waals surface area (Å²) in [7, 11) is 0. The number of hydrogen-bond acceptors (Lipinski definition) is 3. The van der Waals surface area contributed by atoms with E-state index in [4.69, 9.17) is 5.11 Å². The van der Waals surface area contributed by atoms with Gasteiger partial charge in [0.2, 0.25) is 5.91 Å². The van der Waals surface area contributed by atoms with Crippen LogP contribution in [0.25, 0.3) is 0 Å². The Morgan fingerprint density at radius 2 is 2.30 bits per heavy atom. The lowest BCUT2D eigenvalue weighted by molar-refractivity contribution is -0.136. The van der Waals surface area contributed by atoms with Gasteiger partial charge in [-0.3, -0.25) is 9.89 Å². The lowest BCUT2D eigenvalue weighted by Crippen LogP contribution is -2.39. The summed E-state index contributed by atoms with van der Waals surface area (Å²) in [5.74, 6) is 0.311. The smallest absolute Gasteiger partial charge is 0.226 e. The molecular weight excluding hydrogens is 254 g/mol. The average molecular weight is 279 g/mol. The molecule has 1 aliphatic carbocycles. The maximum atomic E-state index is 12.7. The van der Waals surface area contributed by atoms with Gasteiger partial charge in [-0.1, -0.05) is 13.3 Å². The highest BCUT2D eigenvalue weighted by atomic mass is 16.3. The Labute approximate surface area is 120 Å². The number of carbonyl (C=O) groups excluding carboxylic acids is 1. The molecule has 5 heteroatoms. The molecule has 0 aliphatic heterocycles. The minimum absolute atomic E-state index is 0.0681. The molecule has 0 aromatic carbocycles. The number of aromatic amines is 1. The molecule has 2 N–H and O–H groups in total. The molecule has 0 radical (unpaired) electrons. The first-order valence-electron chi connectivity index (χ1n) is 7.67. The second-order valence-corrected chi connectivity index (χ2v) is 5.57. The van der Waals surface area contributed by atoms with Crippen molar-refractivity contribution in [3.63, 3.8) is 0 Å². The number of nitrogens with one attached hydrogen (secondary N) is 1. The molecule has 1 unspecified atom stereocenters. The van der Waals surface area contributed by atoms with Crippen LogP contribution < -0.4 is 0 Å². The van der Waals surface area contributed by atoms with Gasteiger partial charge < -0.3 is 10.0 Å². The molecule has 0 spiro atoms. The summed E-state index contributed by atoms with van der Waals surface area (Å²) in [6, 6.07) is 0. The van der Waals surface area contributed by atoms with E-state index >= 15 is 0 Å². The molecule has 20 heavy (non-hydrogen) atoms. The van der Waals surface area contributed by atoms with Gasteiger partial charge in [0, 0.05) is 37.7 Å². The zero-order valence-electron chi connectivity index (χ0n) is 12.3. The number of aryl methyl sites for hydroxylation is 1. The van der Waals surface area contributed by atoms with Gasteiger partial charge in [0.15, 0.2) is 0 Å². The van der Waals surface area contributed by atoms with Crippen LogP contribution in [-0.4, -0.2) is 45.8 Å². The number of carbonyl (C=O) groups is 1. The minimum Gasteiger partial charge on any atom is -0.396 e. The van der Waals surface area contributed by atoms with Crippen molar-refractivity contribution < 1.29 is 9.90 Å². The van der Waals surface area contributed by atoms with Crippen molar-refractivity contribution in [1.29, 1.82) is 0 Å². The van der Waals surface area contributed by atoms with Crippen LogP contribution in [0.2, 0.25) is 0 Å². The molecule has 0 saturated carbocycles. The fourth-order valence-electron chi connectivity index (χ4n) is 2.82. The highest BCUT2D eigenvalue weighted by Crippen LogP contribution is 2.25. The lowest BCUT2D eigenvalue weighted by Gasteiger charge is -2.29. The molecule has 1 aromatic rings. The summed E-state index contributed by atoms with van der Waals surface area (Å²) in [4.78, 5) is 14.6. The van der Waals surface area contributed by atoms with E-state index < -0.39 is 0 Å². The second kappa shape index (κ2) is 7.43. The summed E-state index contributed by atoms with van der Waals surface area (Å²) in [5.41, 5.74) is 2.37. The molecule has 1 atom stereocenters. The van der Waals surface area contributed by atoms with Crippen molar-refractivity contribution in [3.05, 3.63) is 17.5 Å². The number of nitrogens with zero attached hydrogens (tertiary/aromatic N) is 2. The van der Waals surface area contributed by atoms with Crippen molar-refractivity contribution in [2.24, 2.45) is 5.92 Å². The summed E-state index contributed by atoms with van der Waals surface area (Å²) in [5, 5.41) is 16.0. The van der Waals surface area contributed by atoms with E-state index in [1.54, 1.807) is 0 Å². The number of amides is 1. The number of aliphatic hydroxyl groups is 1. The van der Waals surface area contributed by atoms with Crippen LogP contribution in [-0.2, 0) is 17.6 Å². The van der Waals surface area contributed by atoms with E-state index in [-0.39, 0.29) is 18.4 Å². The van der Waals surface area contributed by atoms with E-state index in [0.29, 0.717) is 13.0 Å². The maximum Gasteiger partial charge on any atom is 0.226 e. The third kappa shape index (κ3) is 3.60. The van der Waals surface area contributed by atoms with Crippen LogP contribution in [0, 0.1) is 5.92 Å². The van der Waals surface area contributed by atoms with E-state index in [0.717, 1.165) is 44.3 Å². The van der Waals surface area contributed by atoms with Gasteiger partial charge in [0.05, 0.1) is 6.20 Å². The van der Waals surface area contributed by atoms with Crippen LogP contribution in [0.3, 0.4) is 0 Å². The zero-order chi connectivity index (χ0) is 14.4. The van der Waals surface area contributed by atoms with Gasteiger partial charge in [-0.05, 0) is 31.2 Å². The Balaban J connectivity index is 1.96. The number of H-pyrrole nitrogens is 1. The van der Waals surface area contributed by atoms with Crippen LogP contribution in [0.4, 0.5) is 0 Å². The van der Waals surface area contributed by atoms with E-state index in [9.17, 15) is 4.79 Å². The van der Waals surface area contributed by atoms with Gasteiger partial charge >= 0.3 is 0 Å². The average Bonchev–Trinajstić information content (AvgIpc) is 2.94. The molecule has 1 aromatic heterocycles. The topological polar surface area (TPSA) is 69.2 Å². The number of unbranched alkanes of at least 4 members (excludes halogenated alkanes) is 1. The Morgan fingerprint density at radius 1 is 1.50 bits per heavy atom. The van der Waals surface area contributed by atoms with Crippen LogP contribution in [0.1, 0.15) is 43.9 Å². The molecule has 5 nitrogen and oxygen atoms in total. The summed E-state index contributed by atoms with van der Waals surface area (Å²) in [6.45, 7) is 3.75. The lowest BCUT2D eigenvalue weighted by atomic mass is 9.87. The minimum atomic E-state index is 0.0681. The van der Waals surface area contributed by atoms with Gasteiger partial charge in [-0.2, -0.15) is 5.10 Å². The first kappa shape index (κ1) is 15.0. The number of hydrogen-bond donors (Lipinski definition) is 2. The van der Waals surface area contributed by atoms with E-state index in [1.807, 2.05) is 11.1 Å². The van der Waals surface area contributed by atoms with Gasteiger partial charge in [0.1, 0.15) is 0 Å². The molecule has 0 fully saturated rings. The Hall–Kier alpha value is -1.36. The quantitative estimate of drug-likeness (QED) is 0.795. The van der Waals surface area contributed by atoms with Crippen LogP contribution >= 0.6 is 0 Å². The second-order valence-electron chi connectivity index (χ2n) is 5.57. The van der Waals surface area contributed by atoms with Gasteiger partial charge in [-0.15, -0.1) is 0 Å². The van der Waals surface area contributed by atoms with Crippen molar-refractivity contribution >= 4 is 5.91 Å².